The van der Waals surface area contributed by atoms with Crippen LogP contribution in [-0.4, -0.2) is 28.6 Å². The van der Waals surface area contributed by atoms with E-state index < -0.39 is 0 Å². The van der Waals surface area contributed by atoms with Crippen LogP contribution >= 0.6 is 12.4 Å². The molecule has 0 saturated heterocycles. The van der Waals surface area contributed by atoms with Gasteiger partial charge in [-0.3, -0.25) is 9.78 Å². The first-order valence-electron chi connectivity index (χ1n) is 6.30. The molecule has 0 aliphatic heterocycles. The zero-order valence-electron chi connectivity index (χ0n) is 10.7. The second-order valence-electron chi connectivity index (χ2n) is 4.82. The molecule has 0 aromatic carbocycles. The van der Waals surface area contributed by atoms with Crippen LogP contribution in [0.5, 0.6) is 0 Å². The Morgan fingerprint density at radius 2 is 2.26 bits per heavy atom. The Morgan fingerprint density at radius 1 is 1.47 bits per heavy atom. The molecule has 1 aromatic rings. The number of halogens is 1. The number of hydrogen-bond acceptors (Lipinski definition) is 4. The van der Waals surface area contributed by atoms with Crippen molar-refractivity contribution >= 4 is 24.0 Å². The molecule has 2 rings (SSSR count). The Labute approximate surface area is 119 Å². The number of carbonyl (C=O) groups is 1. The van der Waals surface area contributed by atoms with Crippen LogP contribution in [0.1, 0.15) is 25.0 Å². The van der Waals surface area contributed by atoms with Crippen molar-refractivity contribution in [2.24, 2.45) is 5.92 Å². The maximum atomic E-state index is 11.7. The quantitative estimate of drug-likeness (QED) is 0.767. The molecule has 1 fully saturated rings. The molecule has 1 heterocycles. The number of aromatic nitrogens is 1. The monoisotopic (exact) mass is 285 g/mol. The highest BCUT2D eigenvalue weighted by molar-refractivity contribution is 5.85. The molecule has 1 aromatic heterocycles. The van der Waals surface area contributed by atoms with Crippen LogP contribution in [0, 0.1) is 5.92 Å². The summed E-state index contributed by atoms with van der Waals surface area (Å²) < 4.78 is 0. The van der Waals surface area contributed by atoms with Crippen molar-refractivity contribution in [1.82, 2.24) is 10.3 Å². The molecule has 106 valence electrons. The second kappa shape index (κ2) is 7.31. The number of pyridine rings is 1. The molecule has 0 bridgehead atoms. The van der Waals surface area contributed by atoms with Crippen LogP contribution in [-0.2, 0) is 11.2 Å². The van der Waals surface area contributed by atoms with Crippen LogP contribution < -0.4 is 11.1 Å². The molecular formula is C13H20ClN3O2. The number of aliphatic hydroxyl groups is 1. The van der Waals surface area contributed by atoms with Crippen molar-refractivity contribution in [2.75, 3.05) is 12.3 Å². The van der Waals surface area contributed by atoms with Crippen LogP contribution in [0.25, 0.3) is 0 Å². The molecule has 1 aliphatic carbocycles. The predicted molar refractivity (Wildman–Crippen MR) is 76.0 cm³/mol. The standard InChI is InChI=1S/C13H19N3O2.ClH/c14-10-4-5-11(15-8-10)6-13(18)16-7-9-2-1-3-12(9)17;/h4-5,8-9,12,17H,1-3,6-7,14H2,(H,16,18);1H. The lowest BCUT2D eigenvalue weighted by molar-refractivity contribution is -0.120. The number of nitrogen functional groups attached to an aromatic ring is 1. The largest absolute Gasteiger partial charge is 0.397 e. The molecule has 0 spiro atoms. The number of aliphatic hydroxyl groups excluding tert-OH is 1. The minimum absolute atomic E-state index is 0. The summed E-state index contributed by atoms with van der Waals surface area (Å²) in [6.45, 7) is 0.551. The van der Waals surface area contributed by atoms with Gasteiger partial charge in [-0.15, -0.1) is 12.4 Å². The van der Waals surface area contributed by atoms with E-state index in [2.05, 4.69) is 10.3 Å². The van der Waals surface area contributed by atoms with Gasteiger partial charge >= 0.3 is 0 Å². The molecule has 1 aliphatic rings. The first-order valence-corrected chi connectivity index (χ1v) is 6.30. The van der Waals surface area contributed by atoms with Gasteiger partial charge < -0.3 is 16.2 Å². The van der Waals surface area contributed by atoms with E-state index in [1.807, 2.05) is 0 Å². The summed E-state index contributed by atoms with van der Waals surface area (Å²) in [7, 11) is 0. The van der Waals surface area contributed by atoms with E-state index in [9.17, 15) is 9.90 Å². The maximum absolute atomic E-state index is 11.7. The molecule has 5 nitrogen and oxygen atoms in total. The topological polar surface area (TPSA) is 88.2 Å². The number of hydrogen-bond donors (Lipinski definition) is 3. The third-order valence-corrected chi connectivity index (χ3v) is 3.37. The van der Waals surface area contributed by atoms with Crippen molar-refractivity contribution in [2.45, 2.75) is 31.8 Å². The Morgan fingerprint density at radius 3 is 2.84 bits per heavy atom. The minimum Gasteiger partial charge on any atom is -0.397 e. The summed E-state index contributed by atoms with van der Waals surface area (Å²) in [5.41, 5.74) is 6.82. The molecule has 1 saturated carbocycles. The zero-order valence-corrected chi connectivity index (χ0v) is 11.5. The summed E-state index contributed by atoms with van der Waals surface area (Å²) in [5, 5.41) is 12.5. The van der Waals surface area contributed by atoms with Gasteiger partial charge in [0.15, 0.2) is 0 Å². The van der Waals surface area contributed by atoms with E-state index in [0.29, 0.717) is 17.9 Å². The van der Waals surface area contributed by atoms with Crippen molar-refractivity contribution in [3.05, 3.63) is 24.0 Å². The van der Waals surface area contributed by atoms with Gasteiger partial charge in [0.1, 0.15) is 0 Å². The normalized spacial score (nSPS) is 21.7. The van der Waals surface area contributed by atoms with Crippen molar-refractivity contribution in [3.8, 4) is 0 Å². The van der Waals surface area contributed by atoms with Crippen molar-refractivity contribution in [3.63, 3.8) is 0 Å². The van der Waals surface area contributed by atoms with E-state index in [1.54, 1.807) is 18.3 Å². The van der Waals surface area contributed by atoms with Crippen LogP contribution in [0.3, 0.4) is 0 Å². The molecule has 0 radical (unpaired) electrons. The molecule has 19 heavy (non-hydrogen) atoms. The van der Waals surface area contributed by atoms with Crippen molar-refractivity contribution < 1.29 is 9.90 Å². The lowest BCUT2D eigenvalue weighted by Crippen LogP contribution is -2.33. The fourth-order valence-electron chi connectivity index (χ4n) is 2.27. The number of anilines is 1. The average Bonchev–Trinajstić information content (AvgIpc) is 2.75. The molecule has 1 amide bonds. The van der Waals surface area contributed by atoms with Crippen LogP contribution in [0.2, 0.25) is 0 Å². The summed E-state index contributed by atoms with van der Waals surface area (Å²) in [6.07, 6.45) is 4.41. The zero-order chi connectivity index (χ0) is 13.0. The van der Waals surface area contributed by atoms with Crippen LogP contribution in [0.4, 0.5) is 5.69 Å². The van der Waals surface area contributed by atoms with Crippen LogP contribution in [0.15, 0.2) is 18.3 Å². The molecule has 6 heteroatoms. The highest BCUT2D eigenvalue weighted by Gasteiger charge is 2.25. The predicted octanol–water partition coefficient (Wildman–Crippen LogP) is 0.905. The number of nitrogens with one attached hydrogen (secondary N) is 1. The average molecular weight is 286 g/mol. The molecular weight excluding hydrogens is 266 g/mol. The van der Waals surface area contributed by atoms with Gasteiger partial charge in [0, 0.05) is 18.2 Å². The first-order chi connectivity index (χ1) is 8.65. The van der Waals surface area contributed by atoms with Gasteiger partial charge in [-0.1, -0.05) is 6.42 Å². The first kappa shape index (κ1) is 15.7. The number of nitrogens with zero attached hydrogens (tertiary/aromatic N) is 1. The summed E-state index contributed by atoms with van der Waals surface area (Å²) in [6, 6.07) is 3.48. The summed E-state index contributed by atoms with van der Waals surface area (Å²) in [5.74, 6) is 0.139. The van der Waals surface area contributed by atoms with Gasteiger partial charge in [0.25, 0.3) is 0 Å². The van der Waals surface area contributed by atoms with Gasteiger partial charge in [-0.2, -0.15) is 0 Å². The third kappa shape index (κ3) is 4.69. The highest BCUT2D eigenvalue weighted by Crippen LogP contribution is 2.24. The Bertz CT molecular complexity index is 411. The minimum atomic E-state index is -0.264. The maximum Gasteiger partial charge on any atom is 0.226 e. The third-order valence-electron chi connectivity index (χ3n) is 3.37. The Hall–Kier alpha value is -1.33. The fourth-order valence-corrected chi connectivity index (χ4v) is 2.27. The molecule has 2 atom stereocenters. The van der Waals surface area contributed by atoms with E-state index in [4.69, 9.17) is 5.73 Å². The molecule has 4 N–H and O–H groups in total. The lowest BCUT2D eigenvalue weighted by Gasteiger charge is -2.14. The number of nitrogens with two attached hydrogens (primary N) is 1. The van der Waals surface area contributed by atoms with E-state index in [1.165, 1.54) is 0 Å². The van der Waals surface area contributed by atoms with E-state index >= 15 is 0 Å². The van der Waals surface area contributed by atoms with Crippen molar-refractivity contribution in [1.29, 1.82) is 0 Å². The van der Waals surface area contributed by atoms with Gasteiger partial charge in [-0.25, -0.2) is 0 Å². The number of amides is 1. The Balaban J connectivity index is 0.00000180. The Kier molecular flexibility index (Phi) is 6.05. The SMILES string of the molecule is Cl.Nc1ccc(CC(=O)NCC2CCCC2O)nc1. The highest BCUT2D eigenvalue weighted by atomic mass is 35.5. The van der Waals surface area contributed by atoms with Gasteiger partial charge in [0.05, 0.1) is 24.4 Å². The van der Waals surface area contributed by atoms with Gasteiger partial charge in [-0.05, 0) is 25.0 Å². The molecule has 2 unspecified atom stereocenters. The lowest BCUT2D eigenvalue weighted by atomic mass is 10.1. The van der Waals surface area contributed by atoms with E-state index in [-0.39, 0.29) is 36.8 Å². The number of carbonyl (C=O) groups excluding carboxylic acids is 1. The smallest absolute Gasteiger partial charge is 0.226 e. The summed E-state index contributed by atoms with van der Waals surface area (Å²) in [4.78, 5) is 15.8. The second-order valence-corrected chi connectivity index (χ2v) is 4.82. The van der Waals surface area contributed by atoms with Gasteiger partial charge in [0.2, 0.25) is 5.91 Å². The van der Waals surface area contributed by atoms with E-state index in [0.717, 1.165) is 19.3 Å². The summed E-state index contributed by atoms with van der Waals surface area (Å²) >= 11 is 0. The fraction of sp³-hybridized carbons (Fsp3) is 0.538. The number of rotatable bonds is 4.